The molecule has 0 aromatic carbocycles. The third-order valence-corrected chi connectivity index (χ3v) is 4.66. The molecule has 0 saturated heterocycles. The van der Waals surface area contributed by atoms with Gasteiger partial charge in [0.05, 0.1) is 0 Å². The van der Waals surface area contributed by atoms with Gasteiger partial charge in [0.2, 0.25) is 0 Å². The average molecular weight is 196 g/mol. The molecular formula is C12H20S. The molecule has 2 aliphatic carbocycles. The van der Waals surface area contributed by atoms with Crippen LogP contribution in [0.25, 0.3) is 0 Å². The summed E-state index contributed by atoms with van der Waals surface area (Å²) in [6, 6.07) is 0. The van der Waals surface area contributed by atoms with Gasteiger partial charge in [-0.05, 0) is 55.6 Å². The highest BCUT2D eigenvalue weighted by atomic mass is 32.2. The van der Waals surface area contributed by atoms with Crippen molar-refractivity contribution in [2.24, 2.45) is 11.8 Å². The predicted molar refractivity (Wildman–Crippen MR) is 60.9 cm³/mol. The van der Waals surface area contributed by atoms with Crippen LogP contribution in [-0.4, -0.2) is 6.26 Å². The maximum absolute atomic E-state index is 2.33. The lowest BCUT2D eigenvalue weighted by atomic mass is 9.95. The van der Waals surface area contributed by atoms with Crippen molar-refractivity contribution >= 4 is 11.8 Å². The molecule has 0 heterocycles. The van der Waals surface area contributed by atoms with Crippen LogP contribution in [0.15, 0.2) is 10.5 Å². The molecule has 0 radical (unpaired) electrons. The monoisotopic (exact) mass is 196 g/mol. The minimum Gasteiger partial charge on any atom is -0.134 e. The molecule has 0 N–H and O–H groups in total. The molecule has 13 heavy (non-hydrogen) atoms. The number of thioether (sulfide) groups is 1. The summed E-state index contributed by atoms with van der Waals surface area (Å²) in [7, 11) is 0. The average Bonchev–Trinajstić information content (AvgIpc) is 2.38. The summed E-state index contributed by atoms with van der Waals surface area (Å²) in [5.74, 6) is 1.94. The van der Waals surface area contributed by atoms with E-state index >= 15 is 0 Å². The Hall–Kier alpha value is 0.0900. The normalized spacial score (nSPS) is 33.2. The first-order chi connectivity index (χ1) is 6.33. The fraction of sp³-hybridized carbons (Fsp3) is 0.833. The number of allylic oxidation sites excluding steroid dienone is 2. The van der Waals surface area contributed by atoms with E-state index in [1.54, 1.807) is 4.91 Å². The zero-order valence-electron chi connectivity index (χ0n) is 8.81. The summed E-state index contributed by atoms with van der Waals surface area (Å²) in [5.41, 5.74) is 1.85. The van der Waals surface area contributed by atoms with E-state index in [9.17, 15) is 0 Å². The lowest BCUT2D eigenvalue weighted by Crippen LogP contribution is -2.00. The van der Waals surface area contributed by atoms with E-state index in [1.807, 2.05) is 17.3 Å². The van der Waals surface area contributed by atoms with Gasteiger partial charge in [0, 0.05) is 0 Å². The molecule has 2 atom stereocenters. The Morgan fingerprint density at radius 3 is 2.08 bits per heavy atom. The van der Waals surface area contributed by atoms with Crippen LogP contribution in [0.2, 0.25) is 0 Å². The summed E-state index contributed by atoms with van der Waals surface area (Å²) in [5, 5.41) is 0. The standard InChI is InChI=1S/C12H20S/c1-9(13-2)12-10-5-3-4-6-11(12)8-7-10/h10-11H,3-8H2,1-2H3. The Morgan fingerprint density at radius 2 is 1.62 bits per heavy atom. The maximum atomic E-state index is 2.33. The molecule has 0 aromatic heterocycles. The summed E-state index contributed by atoms with van der Waals surface area (Å²) < 4.78 is 0. The predicted octanol–water partition coefficient (Wildman–Crippen LogP) is 4.22. The van der Waals surface area contributed by atoms with Crippen LogP contribution in [-0.2, 0) is 0 Å². The van der Waals surface area contributed by atoms with Gasteiger partial charge < -0.3 is 0 Å². The first kappa shape index (κ1) is 9.64. The minimum atomic E-state index is 0.972. The molecule has 2 unspecified atom stereocenters. The van der Waals surface area contributed by atoms with Gasteiger partial charge in [0.25, 0.3) is 0 Å². The van der Waals surface area contributed by atoms with Crippen LogP contribution in [0.1, 0.15) is 45.4 Å². The lowest BCUT2D eigenvalue weighted by molar-refractivity contribution is 0.486. The quantitative estimate of drug-likeness (QED) is 0.605. The Balaban J connectivity index is 2.25. The first-order valence-corrected chi connectivity index (χ1v) is 6.80. The van der Waals surface area contributed by atoms with Gasteiger partial charge in [-0.2, -0.15) is 0 Å². The van der Waals surface area contributed by atoms with Gasteiger partial charge in [0.1, 0.15) is 0 Å². The highest BCUT2D eigenvalue weighted by Gasteiger charge is 2.32. The van der Waals surface area contributed by atoms with Crippen molar-refractivity contribution in [2.45, 2.75) is 45.4 Å². The third-order valence-electron chi connectivity index (χ3n) is 3.81. The summed E-state index contributed by atoms with van der Waals surface area (Å²) >= 11 is 1.97. The van der Waals surface area contributed by atoms with E-state index < -0.39 is 0 Å². The van der Waals surface area contributed by atoms with Crippen LogP contribution in [0, 0.1) is 11.8 Å². The topological polar surface area (TPSA) is 0 Å². The minimum absolute atomic E-state index is 0.972. The van der Waals surface area contributed by atoms with Crippen molar-refractivity contribution < 1.29 is 0 Å². The second kappa shape index (κ2) is 4.08. The number of fused-ring (bicyclic) bond motifs is 2. The fourth-order valence-electron chi connectivity index (χ4n) is 3.12. The molecule has 0 aliphatic heterocycles. The Bertz CT molecular complexity index is 201. The van der Waals surface area contributed by atoms with Gasteiger partial charge in [-0.25, -0.2) is 0 Å². The smallest absolute Gasteiger partial charge is 0.0140 e. The highest BCUT2D eigenvalue weighted by molar-refractivity contribution is 8.02. The van der Waals surface area contributed by atoms with Gasteiger partial charge >= 0.3 is 0 Å². The zero-order valence-corrected chi connectivity index (χ0v) is 9.62. The van der Waals surface area contributed by atoms with Crippen molar-refractivity contribution in [1.29, 1.82) is 0 Å². The van der Waals surface area contributed by atoms with E-state index in [2.05, 4.69) is 13.2 Å². The van der Waals surface area contributed by atoms with Crippen LogP contribution in [0.5, 0.6) is 0 Å². The van der Waals surface area contributed by atoms with Crippen molar-refractivity contribution in [1.82, 2.24) is 0 Å². The van der Waals surface area contributed by atoms with Crippen molar-refractivity contribution in [2.75, 3.05) is 6.26 Å². The Morgan fingerprint density at radius 1 is 1.08 bits per heavy atom. The zero-order chi connectivity index (χ0) is 9.26. The Kier molecular flexibility index (Phi) is 3.02. The van der Waals surface area contributed by atoms with E-state index in [-0.39, 0.29) is 0 Å². The molecule has 2 bridgehead atoms. The molecule has 74 valence electrons. The molecule has 0 nitrogen and oxygen atoms in total. The van der Waals surface area contributed by atoms with E-state index in [0.29, 0.717) is 0 Å². The lowest BCUT2D eigenvalue weighted by Gasteiger charge is -2.15. The molecule has 1 heteroatoms. The van der Waals surface area contributed by atoms with Crippen molar-refractivity contribution in [3.63, 3.8) is 0 Å². The van der Waals surface area contributed by atoms with Gasteiger partial charge in [0.15, 0.2) is 0 Å². The van der Waals surface area contributed by atoms with Gasteiger partial charge in [-0.1, -0.05) is 18.4 Å². The number of hydrogen-bond acceptors (Lipinski definition) is 1. The van der Waals surface area contributed by atoms with Crippen LogP contribution < -0.4 is 0 Å². The summed E-state index contributed by atoms with van der Waals surface area (Å²) in [6.45, 7) is 2.33. The fourth-order valence-corrected chi connectivity index (χ4v) is 3.69. The maximum Gasteiger partial charge on any atom is -0.0140 e. The van der Waals surface area contributed by atoms with Crippen molar-refractivity contribution in [3.8, 4) is 0 Å². The molecular weight excluding hydrogens is 176 g/mol. The molecule has 0 aromatic rings. The highest BCUT2D eigenvalue weighted by Crippen LogP contribution is 2.47. The summed E-state index contributed by atoms with van der Waals surface area (Å²) in [6.07, 6.45) is 11.1. The number of rotatable bonds is 1. The van der Waals surface area contributed by atoms with Crippen molar-refractivity contribution in [3.05, 3.63) is 10.5 Å². The first-order valence-electron chi connectivity index (χ1n) is 5.57. The third kappa shape index (κ3) is 1.81. The van der Waals surface area contributed by atoms with E-state index in [1.165, 1.54) is 38.5 Å². The second-order valence-corrected chi connectivity index (χ2v) is 5.49. The largest absolute Gasteiger partial charge is 0.134 e. The van der Waals surface area contributed by atoms with E-state index in [4.69, 9.17) is 0 Å². The summed E-state index contributed by atoms with van der Waals surface area (Å²) in [4.78, 5) is 1.63. The van der Waals surface area contributed by atoms with Gasteiger partial charge in [-0.15, -0.1) is 11.8 Å². The molecule has 2 saturated carbocycles. The Labute approximate surface area is 86.2 Å². The van der Waals surface area contributed by atoms with Crippen LogP contribution >= 0.6 is 11.8 Å². The molecule has 2 aliphatic rings. The van der Waals surface area contributed by atoms with E-state index in [0.717, 1.165) is 11.8 Å². The SMILES string of the molecule is CSC(C)=C1C2CCCCC1CC2. The molecule has 0 amide bonds. The molecule has 2 fully saturated rings. The number of hydrogen-bond donors (Lipinski definition) is 0. The van der Waals surface area contributed by atoms with Gasteiger partial charge in [-0.3, -0.25) is 0 Å². The molecule has 0 spiro atoms. The molecule has 2 rings (SSSR count). The second-order valence-electron chi connectivity index (χ2n) is 4.47. The van der Waals surface area contributed by atoms with Crippen LogP contribution in [0.4, 0.5) is 0 Å². The van der Waals surface area contributed by atoms with Crippen LogP contribution in [0.3, 0.4) is 0 Å².